The third kappa shape index (κ3) is 6.00. The number of hydrogen-bond acceptors (Lipinski definition) is 7. The van der Waals surface area contributed by atoms with E-state index in [2.05, 4.69) is 10.3 Å². The molecule has 1 amide bonds. The summed E-state index contributed by atoms with van der Waals surface area (Å²) in [4.78, 5) is 16.2. The second kappa shape index (κ2) is 10.3. The van der Waals surface area contributed by atoms with Crippen molar-refractivity contribution < 1.29 is 14.3 Å². The Morgan fingerprint density at radius 2 is 1.73 bits per heavy atom. The van der Waals surface area contributed by atoms with Crippen molar-refractivity contribution in [3.05, 3.63) is 71.8 Å². The van der Waals surface area contributed by atoms with Crippen LogP contribution < -0.4 is 32.0 Å². The van der Waals surface area contributed by atoms with Crippen molar-refractivity contribution in [2.24, 2.45) is 17.2 Å². The molecule has 0 aliphatic heterocycles. The second-order valence-electron chi connectivity index (χ2n) is 8.20. The highest BCUT2D eigenvalue weighted by Crippen LogP contribution is 2.35. The number of pyridine rings is 1. The van der Waals surface area contributed by atoms with E-state index >= 15 is 0 Å². The van der Waals surface area contributed by atoms with Gasteiger partial charge in [0, 0.05) is 24.2 Å². The molecule has 1 aromatic heterocycles. The van der Waals surface area contributed by atoms with Crippen LogP contribution in [0.2, 0.25) is 0 Å². The topological polar surface area (TPSA) is 139 Å². The molecule has 3 aromatic rings. The number of nitrogens with one attached hydrogen (secondary N) is 1. The first-order valence-electron chi connectivity index (χ1n) is 11.1. The fourth-order valence-electron chi connectivity index (χ4n) is 3.78. The van der Waals surface area contributed by atoms with E-state index in [1.807, 2.05) is 30.3 Å². The molecule has 1 fully saturated rings. The lowest BCUT2D eigenvalue weighted by Crippen LogP contribution is -2.33. The summed E-state index contributed by atoms with van der Waals surface area (Å²) >= 11 is 0. The Morgan fingerprint density at radius 1 is 0.970 bits per heavy atom. The molecular weight excluding hydrogens is 418 g/mol. The molecule has 0 saturated heterocycles. The zero-order valence-corrected chi connectivity index (χ0v) is 18.4. The summed E-state index contributed by atoms with van der Waals surface area (Å²) in [6, 6.07) is 18.4. The van der Waals surface area contributed by atoms with Crippen LogP contribution in [0.4, 0.5) is 5.82 Å². The molecule has 172 valence electrons. The molecule has 1 saturated carbocycles. The van der Waals surface area contributed by atoms with Gasteiger partial charge in [-0.05, 0) is 73.7 Å². The highest BCUT2D eigenvalue weighted by molar-refractivity contribution is 5.93. The van der Waals surface area contributed by atoms with E-state index in [-0.39, 0.29) is 6.04 Å². The minimum Gasteiger partial charge on any atom is -0.452 e. The molecule has 2 aromatic carbocycles. The standard InChI is InChI=1S/C25H29N5O3/c26-15-16-4-10-20(11-5-16)33-25-22(32-21-3-1-2-17(14-21)24(28)31)12-13-23(30-25)29-19-8-6-18(27)7-9-19/h1-5,10-14,18-19H,6-9,15,26-27H2,(H2,28,31)(H,29,30). The van der Waals surface area contributed by atoms with Crippen LogP contribution in [0, 0.1) is 0 Å². The summed E-state index contributed by atoms with van der Waals surface area (Å²) in [6.45, 7) is 0.452. The number of nitrogens with two attached hydrogens (primary N) is 3. The van der Waals surface area contributed by atoms with Crippen LogP contribution in [0.25, 0.3) is 0 Å². The minimum atomic E-state index is -0.526. The van der Waals surface area contributed by atoms with E-state index in [1.54, 1.807) is 30.3 Å². The van der Waals surface area contributed by atoms with E-state index in [1.165, 1.54) is 0 Å². The van der Waals surface area contributed by atoms with Crippen LogP contribution in [0.5, 0.6) is 23.1 Å². The molecule has 0 radical (unpaired) electrons. The van der Waals surface area contributed by atoms with Crippen LogP contribution in [-0.2, 0) is 6.54 Å². The zero-order chi connectivity index (χ0) is 23.2. The first kappa shape index (κ1) is 22.6. The van der Waals surface area contributed by atoms with E-state index in [4.69, 9.17) is 26.7 Å². The molecule has 8 nitrogen and oxygen atoms in total. The lowest BCUT2D eigenvalue weighted by atomic mass is 9.92. The molecular formula is C25H29N5O3. The van der Waals surface area contributed by atoms with Crippen molar-refractivity contribution in [1.29, 1.82) is 0 Å². The SMILES string of the molecule is NCc1ccc(Oc2nc(NC3CCC(N)CC3)ccc2Oc2cccc(C(N)=O)c2)cc1. The number of amides is 1. The maximum Gasteiger partial charge on any atom is 0.265 e. The molecule has 33 heavy (non-hydrogen) atoms. The molecule has 0 atom stereocenters. The number of carbonyl (C=O) groups is 1. The van der Waals surface area contributed by atoms with E-state index < -0.39 is 5.91 Å². The van der Waals surface area contributed by atoms with Crippen molar-refractivity contribution in [3.63, 3.8) is 0 Å². The molecule has 7 N–H and O–H groups in total. The lowest BCUT2D eigenvalue weighted by molar-refractivity contribution is 0.1000. The van der Waals surface area contributed by atoms with Gasteiger partial charge < -0.3 is 32.0 Å². The Labute approximate surface area is 193 Å². The molecule has 4 rings (SSSR count). The highest BCUT2D eigenvalue weighted by Gasteiger charge is 2.20. The predicted octanol–water partition coefficient (Wildman–Crippen LogP) is 3.91. The van der Waals surface area contributed by atoms with Gasteiger partial charge in [-0.1, -0.05) is 18.2 Å². The first-order valence-corrected chi connectivity index (χ1v) is 11.1. The summed E-state index contributed by atoms with van der Waals surface area (Å²) in [6.07, 6.45) is 3.98. The van der Waals surface area contributed by atoms with Crippen LogP contribution in [0.15, 0.2) is 60.7 Å². The van der Waals surface area contributed by atoms with Gasteiger partial charge in [0.2, 0.25) is 5.91 Å². The molecule has 0 spiro atoms. The molecule has 8 heteroatoms. The Morgan fingerprint density at radius 3 is 2.42 bits per heavy atom. The number of ether oxygens (including phenoxy) is 2. The zero-order valence-electron chi connectivity index (χ0n) is 18.4. The number of aromatic nitrogens is 1. The van der Waals surface area contributed by atoms with Gasteiger partial charge in [0.15, 0.2) is 5.75 Å². The van der Waals surface area contributed by atoms with Crippen molar-refractivity contribution in [3.8, 4) is 23.1 Å². The normalized spacial score (nSPS) is 17.9. The monoisotopic (exact) mass is 447 g/mol. The number of carbonyl (C=O) groups excluding carboxylic acids is 1. The molecule has 0 unspecified atom stereocenters. The van der Waals surface area contributed by atoms with E-state index in [0.29, 0.717) is 47.1 Å². The van der Waals surface area contributed by atoms with Crippen molar-refractivity contribution in [1.82, 2.24) is 4.98 Å². The van der Waals surface area contributed by atoms with Gasteiger partial charge in [-0.15, -0.1) is 0 Å². The molecule has 1 aliphatic rings. The lowest BCUT2D eigenvalue weighted by Gasteiger charge is -2.27. The summed E-state index contributed by atoms with van der Waals surface area (Å²) in [5.41, 5.74) is 18.5. The maximum atomic E-state index is 11.5. The molecule has 1 heterocycles. The Hall–Kier alpha value is -3.62. The molecule has 0 bridgehead atoms. The van der Waals surface area contributed by atoms with Gasteiger partial charge in [0.05, 0.1) is 0 Å². The summed E-state index contributed by atoms with van der Waals surface area (Å²) in [5, 5.41) is 3.48. The quantitative estimate of drug-likeness (QED) is 0.411. The fraction of sp³-hybridized carbons (Fsp3) is 0.280. The van der Waals surface area contributed by atoms with E-state index in [9.17, 15) is 4.79 Å². The predicted molar refractivity (Wildman–Crippen MR) is 128 cm³/mol. The van der Waals surface area contributed by atoms with Gasteiger partial charge in [-0.2, -0.15) is 4.98 Å². The average Bonchev–Trinajstić information content (AvgIpc) is 2.83. The van der Waals surface area contributed by atoms with Gasteiger partial charge in [0.1, 0.15) is 17.3 Å². The third-order valence-corrected chi connectivity index (χ3v) is 5.67. The van der Waals surface area contributed by atoms with Crippen LogP contribution in [0.1, 0.15) is 41.6 Å². The number of primary amides is 1. The van der Waals surface area contributed by atoms with E-state index in [0.717, 1.165) is 31.2 Å². The van der Waals surface area contributed by atoms with Crippen LogP contribution >= 0.6 is 0 Å². The van der Waals surface area contributed by atoms with Crippen molar-refractivity contribution in [2.45, 2.75) is 44.3 Å². The Kier molecular flexibility index (Phi) is 7.07. The van der Waals surface area contributed by atoms with Gasteiger partial charge >= 0.3 is 0 Å². The Balaban J connectivity index is 1.59. The number of rotatable bonds is 8. The fourth-order valence-corrected chi connectivity index (χ4v) is 3.78. The highest BCUT2D eigenvalue weighted by atomic mass is 16.5. The number of nitrogens with zero attached hydrogens (tertiary/aromatic N) is 1. The number of hydrogen-bond donors (Lipinski definition) is 4. The van der Waals surface area contributed by atoms with Crippen molar-refractivity contribution in [2.75, 3.05) is 5.32 Å². The van der Waals surface area contributed by atoms with Gasteiger partial charge in [-0.3, -0.25) is 4.79 Å². The van der Waals surface area contributed by atoms with Crippen LogP contribution in [0.3, 0.4) is 0 Å². The minimum absolute atomic E-state index is 0.276. The smallest absolute Gasteiger partial charge is 0.265 e. The third-order valence-electron chi connectivity index (χ3n) is 5.67. The van der Waals surface area contributed by atoms with Gasteiger partial charge in [0.25, 0.3) is 5.88 Å². The first-order chi connectivity index (χ1) is 16.0. The molecule has 1 aliphatic carbocycles. The Bertz CT molecular complexity index is 1100. The number of benzene rings is 2. The summed E-state index contributed by atoms with van der Waals surface area (Å²) < 4.78 is 12.1. The van der Waals surface area contributed by atoms with Crippen molar-refractivity contribution >= 4 is 11.7 Å². The largest absolute Gasteiger partial charge is 0.452 e. The average molecular weight is 448 g/mol. The second-order valence-corrected chi connectivity index (χ2v) is 8.20. The summed E-state index contributed by atoms with van der Waals surface area (Å²) in [7, 11) is 0. The number of anilines is 1. The van der Waals surface area contributed by atoms with Crippen LogP contribution in [-0.4, -0.2) is 23.0 Å². The summed E-state index contributed by atoms with van der Waals surface area (Å²) in [5.74, 6) is 1.95. The maximum absolute atomic E-state index is 11.5. The van der Waals surface area contributed by atoms with Gasteiger partial charge in [-0.25, -0.2) is 0 Å².